The number of aromatic nitrogens is 1. The molecule has 86 valence electrons. The van der Waals surface area contributed by atoms with Crippen molar-refractivity contribution in [1.82, 2.24) is 4.98 Å². The van der Waals surface area contributed by atoms with Crippen LogP contribution in [-0.2, 0) is 0 Å². The number of rotatable bonds is 2. The van der Waals surface area contributed by atoms with Crippen molar-refractivity contribution in [1.29, 1.82) is 0 Å². The number of hydrogen-bond donors (Lipinski definition) is 1. The van der Waals surface area contributed by atoms with Gasteiger partial charge in [0.1, 0.15) is 5.82 Å². The van der Waals surface area contributed by atoms with Gasteiger partial charge in [0.25, 0.3) is 0 Å². The van der Waals surface area contributed by atoms with E-state index >= 15 is 0 Å². The zero-order valence-electron chi connectivity index (χ0n) is 9.98. The molecule has 1 aromatic heterocycles. The van der Waals surface area contributed by atoms with E-state index in [0.29, 0.717) is 0 Å². The molecule has 3 nitrogen and oxygen atoms in total. The Bertz CT molecular complexity index is 396. The van der Waals surface area contributed by atoms with Gasteiger partial charge in [-0.15, -0.1) is 0 Å². The van der Waals surface area contributed by atoms with Crippen molar-refractivity contribution < 1.29 is 0 Å². The van der Waals surface area contributed by atoms with Crippen LogP contribution < -0.4 is 10.6 Å². The smallest absolute Gasteiger partial charge is 0.133 e. The van der Waals surface area contributed by atoms with E-state index in [2.05, 4.69) is 29.0 Å². The first kappa shape index (κ1) is 11.1. The van der Waals surface area contributed by atoms with Gasteiger partial charge in [-0.1, -0.05) is 17.7 Å². The highest BCUT2D eigenvalue weighted by molar-refractivity contribution is 5.49. The maximum Gasteiger partial charge on any atom is 0.133 e. The topological polar surface area (TPSA) is 42.2 Å². The fourth-order valence-corrected chi connectivity index (χ4v) is 1.99. The summed E-state index contributed by atoms with van der Waals surface area (Å²) in [6, 6.07) is 4.06. The third kappa shape index (κ3) is 2.25. The molecule has 1 aliphatic rings. The van der Waals surface area contributed by atoms with Crippen LogP contribution in [0.25, 0.3) is 0 Å². The molecule has 0 amide bonds. The average molecular weight is 217 g/mol. The van der Waals surface area contributed by atoms with Crippen LogP contribution in [0.1, 0.15) is 31.9 Å². The summed E-state index contributed by atoms with van der Waals surface area (Å²) in [6.45, 7) is 6.18. The molecule has 1 atom stereocenters. The lowest BCUT2D eigenvalue weighted by atomic mass is 10.1. The van der Waals surface area contributed by atoms with E-state index in [4.69, 9.17) is 5.73 Å². The molecule has 1 aromatic rings. The van der Waals surface area contributed by atoms with Crippen LogP contribution in [-0.4, -0.2) is 18.1 Å². The summed E-state index contributed by atoms with van der Waals surface area (Å²) < 4.78 is 0. The Kier molecular flexibility index (Phi) is 3.25. The summed E-state index contributed by atoms with van der Waals surface area (Å²) in [7, 11) is 0. The summed E-state index contributed by atoms with van der Waals surface area (Å²) in [5.41, 5.74) is 8.57. The minimum absolute atomic E-state index is 0.0377. The molecular weight excluding hydrogens is 198 g/mol. The van der Waals surface area contributed by atoms with Crippen LogP contribution in [0.4, 0.5) is 5.82 Å². The molecule has 0 unspecified atom stereocenters. The molecule has 3 heteroatoms. The Labute approximate surface area is 97.0 Å². The highest BCUT2D eigenvalue weighted by atomic mass is 15.2. The van der Waals surface area contributed by atoms with E-state index in [0.717, 1.165) is 30.9 Å². The molecule has 0 saturated heterocycles. The normalized spacial score (nSPS) is 18.2. The predicted octanol–water partition coefficient (Wildman–Crippen LogP) is 2.26. The third-order valence-electron chi connectivity index (χ3n) is 3.04. The van der Waals surface area contributed by atoms with E-state index in [1.54, 1.807) is 0 Å². The molecule has 0 aromatic carbocycles. The molecule has 0 fully saturated rings. The second kappa shape index (κ2) is 4.66. The molecular formula is C13H19N3. The van der Waals surface area contributed by atoms with Crippen LogP contribution in [0.5, 0.6) is 0 Å². The Morgan fingerprint density at radius 2 is 2.31 bits per heavy atom. The van der Waals surface area contributed by atoms with Gasteiger partial charge in [-0.2, -0.15) is 0 Å². The Morgan fingerprint density at radius 3 is 2.94 bits per heavy atom. The van der Waals surface area contributed by atoms with E-state index < -0.39 is 0 Å². The van der Waals surface area contributed by atoms with Gasteiger partial charge in [-0.05, 0) is 26.3 Å². The second-order valence-electron chi connectivity index (χ2n) is 4.45. The molecule has 1 aliphatic heterocycles. The minimum atomic E-state index is 0.0377. The molecule has 0 aliphatic carbocycles. The van der Waals surface area contributed by atoms with Gasteiger partial charge in [0.05, 0.1) is 0 Å². The lowest BCUT2D eigenvalue weighted by Gasteiger charge is -2.29. The van der Waals surface area contributed by atoms with Crippen LogP contribution in [0, 0.1) is 0 Å². The van der Waals surface area contributed by atoms with Crippen molar-refractivity contribution in [2.24, 2.45) is 5.73 Å². The molecule has 2 heterocycles. The molecule has 16 heavy (non-hydrogen) atoms. The fourth-order valence-electron chi connectivity index (χ4n) is 1.99. The predicted molar refractivity (Wildman–Crippen MR) is 67.4 cm³/mol. The fraction of sp³-hybridized carbons (Fsp3) is 0.462. The summed E-state index contributed by atoms with van der Waals surface area (Å²) in [5, 5.41) is 0. The van der Waals surface area contributed by atoms with E-state index in [1.807, 2.05) is 19.2 Å². The first-order valence-electron chi connectivity index (χ1n) is 5.79. The highest BCUT2D eigenvalue weighted by Crippen LogP contribution is 2.24. The Hall–Kier alpha value is -1.35. The second-order valence-corrected chi connectivity index (χ2v) is 4.45. The van der Waals surface area contributed by atoms with Crippen molar-refractivity contribution in [3.8, 4) is 0 Å². The summed E-state index contributed by atoms with van der Waals surface area (Å²) >= 11 is 0. The van der Waals surface area contributed by atoms with E-state index in [1.165, 1.54) is 5.57 Å². The SMILES string of the molecule is CC1=CCN(c2ncccc2[C@@H](C)N)CC1. The zero-order valence-corrected chi connectivity index (χ0v) is 9.98. The number of nitrogens with two attached hydrogens (primary N) is 1. The highest BCUT2D eigenvalue weighted by Gasteiger charge is 2.16. The van der Waals surface area contributed by atoms with Gasteiger partial charge < -0.3 is 10.6 Å². The van der Waals surface area contributed by atoms with Crippen molar-refractivity contribution >= 4 is 5.82 Å². The van der Waals surface area contributed by atoms with E-state index in [-0.39, 0.29) is 6.04 Å². The van der Waals surface area contributed by atoms with Gasteiger partial charge in [0.2, 0.25) is 0 Å². The summed E-state index contributed by atoms with van der Waals surface area (Å²) in [6.07, 6.45) is 5.23. The molecule has 0 spiro atoms. The Morgan fingerprint density at radius 1 is 1.50 bits per heavy atom. The third-order valence-corrected chi connectivity index (χ3v) is 3.04. The standard InChI is InChI=1S/C13H19N3/c1-10-5-8-16(9-6-10)13-12(11(2)14)4-3-7-15-13/h3-5,7,11H,6,8-9,14H2,1-2H3/t11-/m1/s1. The lowest BCUT2D eigenvalue weighted by molar-refractivity contribution is 0.745. The maximum atomic E-state index is 5.97. The summed E-state index contributed by atoms with van der Waals surface area (Å²) in [5.74, 6) is 1.04. The number of anilines is 1. The van der Waals surface area contributed by atoms with Gasteiger partial charge >= 0.3 is 0 Å². The quantitative estimate of drug-likeness (QED) is 0.773. The molecule has 0 radical (unpaired) electrons. The molecule has 0 bridgehead atoms. The molecule has 2 N–H and O–H groups in total. The number of pyridine rings is 1. The largest absolute Gasteiger partial charge is 0.352 e. The van der Waals surface area contributed by atoms with Crippen LogP contribution >= 0.6 is 0 Å². The van der Waals surface area contributed by atoms with Crippen LogP contribution in [0.3, 0.4) is 0 Å². The van der Waals surface area contributed by atoms with Crippen LogP contribution in [0.15, 0.2) is 30.0 Å². The van der Waals surface area contributed by atoms with Crippen molar-refractivity contribution in [3.05, 3.63) is 35.5 Å². The zero-order chi connectivity index (χ0) is 11.5. The number of hydrogen-bond acceptors (Lipinski definition) is 3. The summed E-state index contributed by atoms with van der Waals surface area (Å²) in [4.78, 5) is 6.76. The van der Waals surface area contributed by atoms with Crippen molar-refractivity contribution in [2.45, 2.75) is 26.3 Å². The van der Waals surface area contributed by atoms with Crippen molar-refractivity contribution in [2.75, 3.05) is 18.0 Å². The monoisotopic (exact) mass is 217 g/mol. The van der Waals surface area contributed by atoms with Gasteiger partial charge in [0, 0.05) is 30.9 Å². The van der Waals surface area contributed by atoms with E-state index in [9.17, 15) is 0 Å². The molecule has 0 saturated carbocycles. The Balaban J connectivity index is 2.27. The maximum absolute atomic E-state index is 5.97. The number of nitrogens with zero attached hydrogens (tertiary/aromatic N) is 2. The molecule has 2 rings (SSSR count). The van der Waals surface area contributed by atoms with Gasteiger partial charge in [0.15, 0.2) is 0 Å². The first-order valence-corrected chi connectivity index (χ1v) is 5.79. The lowest BCUT2D eigenvalue weighted by Crippen LogP contribution is -2.30. The van der Waals surface area contributed by atoms with Gasteiger partial charge in [-0.25, -0.2) is 4.98 Å². The van der Waals surface area contributed by atoms with Crippen molar-refractivity contribution in [3.63, 3.8) is 0 Å². The average Bonchev–Trinajstić information content (AvgIpc) is 2.30. The minimum Gasteiger partial charge on any atom is -0.352 e. The van der Waals surface area contributed by atoms with Crippen LogP contribution in [0.2, 0.25) is 0 Å². The first-order chi connectivity index (χ1) is 7.68. The van der Waals surface area contributed by atoms with Gasteiger partial charge in [-0.3, -0.25) is 0 Å².